The number of ether oxygens (including phenoxy) is 1. The summed E-state index contributed by atoms with van der Waals surface area (Å²) in [5.41, 5.74) is 2.12. The number of imide groups is 1. The Balaban J connectivity index is 1.32. The number of fused-ring (bicyclic) bond motifs is 1. The molecule has 142 valence electrons. The molecule has 0 spiro atoms. The highest BCUT2D eigenvalue weighted by atomic mass is 16.5. The number of allylic oxidation sites excluding steroid dienone is 2. The monoisotopic (exact) mass is 375 g/mol. The average molecular weight is 375 g/mol. The van der Waals surface area contributed by atoms with Gasteiger partial charge in [-0.3, -0.25) is 19.3 Å². The van der Waals surface area contributed by atoms with Crippen molar-refractivity contribution in [2.75, 3.05) is 6.54 Å². The maximum Gasteiger partial charge on any atom is 0.312 e. The molecule has 2 aromatic carbocycles. The molecule has 2 atom stereocenters. The molecule has 0 saturated carbocycles. The van der Waals surface area contributed by atoms with E-state index in [0.717, 1.165) is 11.1 Å². The second kappa shape index (κ2) is 7.80. The van der Waals surface area contributed by atoms with Gasteiger partial charge in [-0.15, -0.1) is 0 Å². The standard InChI is InChI=1S/C23H21NO4/c25-21(14-15-24-22(26)19-8-4-5-9-20(19)23(24)27)28-18-12-10-17(11-13-18)16-6-2-1-3-7-16/h1-7,10-13,19-20H,8-9,14-15H2/t19-,20+. The highest BCUT2D eigenvalue weighted by Gasteiger charge is 2.46. The normalized spacial score (nSPS) is 20.9. The van der Waals surface area contributed by atoms with Crippen molar-refractivity contribution in [1.29, 1.82) is 0 Å². The van der Waals surface area contributed by atoms with Crippen molar-refractivity contribution in [3.05, 3.63) is 66.7 Å². The van der Waals surface area contributed by atoms with Gasteiger partial charge in [0.05, 0.1) is 18.3 Å². The fraction of sp³-hybridized carbons (Fsp3) is 0.261. The highest BCUT2D eigenvalue weighted by Crippen LogP contribution is 2.35. The molecule has 1 fully saturated rings. The Hall–Kier alpha value is -3.21. The maximum absolute atomic E-state index is 12.4. The Morgan fingerprint density at radius 1 is 0.857 bits per heavy atom. The van der Waals surface area contributed by atoms with Crippen LogP contribution in [0.3, 0.4) is 0 Å². The van der Waals surface area contributed by atoms with E-state index in [4.69, 9.17) is 4.74 Å². The summed E-state index contributed by atoms with van der Waals surface area (Å²) in [6.07, 6.45) is 5.09. The Bertz CT molecular complexity index is 891. The average Bonchev–Trinajstić information content (AvgIpc) is 2.98. The van der Waals surface area contributed by atoms with Crippen LogP contribution in [0, 0.1) is 11.8 Å². The fourth-order valence-electron chi connectivity index (χ4n) is 3.82. The van der Waals surface area contributed by atoms with Crippen LogP contribution < -0.4 is 4.74 Å². The lowest BCUT2D eigenvalue weighted by atomic mass is 9.85. The smallest absolute Gasteiger partial charge is 0.312 e. The summed E-state index contributed by atoms with van der Waals surface area (Å²) in [6.45, 7) is 0.0750. The molecule has 5 nitrogen and oxygen atoms in total. The highest BCUT2D eigenvalue weighted by molar-refractivity contribution is 6.05. The number of hydrogen-bond donors (Lipinski definition) is 0. The largest absolute Gasteiger partial charge is 0.426 e. The molecule has 2 amide bonds. The number of amides is 2. The Labute approximate surface area is 163 Å². The first-order valence-electron chi connectivity index (χ1n) is 9.50. The van der Waals surface area contributed by atoms with E-state index < -0.39 is 5.97 Å². The van der Waals surface area contributed by atoms with Crippen LogP contribution in [-0.4, -0.2) is 29.2 Å². The summed E-state index contributed by atoms with van der Waals surface area (Å²) >= 11 is 0. The molecule has 1 aliphatic carbocycles. The third kappa shape index (κ3) is 3.60. The van der Waals surface area contributed by atoms with Crippen LogP contribution >= 0.6 is 0 Å². The molecule has 1 heterocycles. The lowest BCUT2D eigenvalue weighted by Crippen LogP contribution is -2.33. The molecular formula is C23H21NO4. The van der Waals surface area contributed by atoms with Crippen LogP contribution in [-0.2, 0) is 14.4 Å². The Morgan fingerprint density at radius 3 is 2.04 bits per heavy atom. The summed E-state index contributed by atoms with van der Waals surface area (Å²) in [5, 5.41) is 0. The number of carbonyl (C=O) groups is 3. The summed E-state index contributed by atoms with van der Waals surface area (Å²) < 4.78 is 5.35. The number of nitrogens with zero attached hydrogens (tertiary/aromatic N) is 1. The van der Waals surface area contributed by atoms with Gasteiger partial charge in [-0.05, 0) is 36.1 Å². The van der Waals surface area contributed by atoms with Crippen LogP contribution in [0.5, 0.6) is 5.75 Å². The van der Waals surface area contributed by atoms with Crippen molar-refractivity contribution in [2.24, 2.45) is 11.8 Å². The summed E-state index contributed by atoms with van der Waals surface area (Å²) in [6, 6.07) is 17.2. The van der Waals surface area contributed by atoms with Gasteiger partial charge in [-0.1, -0.05) is 54.6 Å². The third-order valence-electron chi connectivity index (χ3n) is 5.33. The van der Waals surface area contributed by atoms with E-state index in [0.29, 0.717) is 18.6 Å². The zero-order valence-electron chi connectivity index (χ0n) is 15.4. The van der Waals surface area contributed by atoms with Crippen LogP contribution in [0.15, 0.2) is 66.7 Å². The van der Waals surface area contributed by atoms with Crippen molar-refractivity contribution in [2.45, 2.75) is 19.3 Å². The van der Waals surface area contributed by atoms with Gasteiger partial charge in [0.2, 0.25) is 11.8 Å². The number of esters is 1. The number of carbonyl (C=O) groups excluding carboxylic acids is 3. The first kappa shape index (κ1) is 18.2. The van der Waals surface area contributed by atoms with Crippen LogP contribution in [0.25, 0.3) is 11.1 Å². The van der Waals surface area contributed by atoms with E-state index in [1.165, 1.54) is 4.90 Å². The molecule has 0 aromatic heterocycles. The van der Waals surface area contributed by atoms with Crippen LogP contribution in [0.2, 0.25) is 0 Å². The molecule has 0 bridgehead atoms. The number of hydrogen-bond acceptors (Lipinski definition) is 4. The lowest BCUT2D eigenvalue weighted by molar-refractivity contribution is -0.141. The molecule has 0 radical (unpaired) electrons. The maximum atomic E-state index is 12.4. The van der Waals surface area contributed by atoms with Crippen molar-refractivity contribution >= 4 is 17.8 Å². The van der Waals surface area contributed by atoms with Gasteiger partial charge < -0.3 is 4.74 Å². The van der Waals surface area contributed by atoms with Gasteiger partial charge in [-0.2, -0.15) is 0 Å². The fourth-order valence-corrected chi connectivity index (χ4v) is 3.82. The van der Waals surface area contributed by atoms with E-state index >= 15 is 0 Å². The van der Waals surface area contributed by atoms with Crippen molar-refractivity contribution in [3.63, 3.8) is 0 Å². The van der Waals surface area contributed by atoms with Gasteiger partial charge in [-0.25, -0.2) is 0 Å². The predicted molar refractivity (Wildman–Crippen MR) is 104 cm³/mol. The summed E-state index contributed by atoms with van der Waals surface area (Å²) in [4.78, 5) is 38.2. The number of likely N-dealkylation sites (tertiary alicyclic amines) is 1. The molecule has 2 aromatic rings. The molecule has 5 heteroatoms. The quantitative estimate of drug-likeness (QED) is 0.347. The summed E-state index contributed by atoms with van der Waals surface area (Å²) in [5.74, 6) is -0.875. The van der Waals surface area contributed by atoms with E-state index in [-0.39, 0.29) is 36.6 Å². The minimum absolute atomic E-state index is 0.00914. The Kier molecular flexibility index (Phi) is 5.06. The third-order valence-corrected chi connectivity index (χ3v) is 5.33. The zero-order chi connectivity index (χ0) is 19.5. The van der Waals surface area contributed by atoms with E-state index in [1.807, 2.05) is 54.6 Å². The number of rotatable bonds is 5. The second-order valence-corrected chi connectivity index (χ2v) is 7.10. The molecular weight excluding hydrogens is 354 g/mol. The first-order chi connectivity index (χ1) is 13.6. The van der Waals surface area contributed by atoms with E-state index in [2.05, 4.69) is 0 Å². The molecule has 0 N–H and O–H groups in total. The number of benzene rings is 2. The predicted octanol–water partition coefficient (Wildman–Crippen LogP) is 3.60. The van der Waals surface area contributed by atoms with E-state index in [9.17, 15) is 14.4 Å². The molecule has 1 aliphatic heterocycles. The van der Waals surface area contributed by atoms with Gasteiger partial charge in [0.15, 0.2) is 0 Å². The molecule has 28 heavy (non-hydrogen) atoms. The van der Waals surface area contributed by atoms with Crippen molar-refractivity contribution < 1.29 is 19.1 Å². The Morgan fingerprint density at radius 2 is 1.43 bits per heavy atom. The SMILES string of the molecule is O=C(CCN1C(=O)[C@H]2CC=CC[C@H]2C1=O)Oc1ccc(-c2ccccc2)cc1. The lowest BCUT2D eigenvalue weighted by Gasteiger charge is -2.14. The van der Waals surface area contributed by atoms with Crippen molar-refractivity contribution in [3.8, 4) is 16.9 Å². The molecule has 4 rings (SSSR count). The molecule has 0 unspecified atom stereocenters. The molecule has 1 saturated heterocycles. The van der Waals surface area contributed by atoms with Crippen LogP contribution in [0.1, 0.15) is 19.3 Å². The first-order valence-corrected chi connectivity index (χ1v) is 9.50. The summed E-state index contributed by atoms with van der Waals surface area (Å²) in [7, 11) is 0. The minimum atomic E-state index is -0.457. The van der Waals surface area contributed by atoms with Crippen LogP contribution in [0.4, 0.5) is 0 Å². The van der Waals surface area contributed by atoms with Gasteiger partial charge in [0.25, 0.3) is 0 Å². The van der Waals surface area contributed by atoms with Gasteiger partial charge in [0, 0.05) is 6.54 Å². The van der Waals surface area contributed by atoms with Gasteiger partial charge >= 0.3 is 5.97 Å². The van der Waals surface area contributed by atoms with E-state index in [1.54, 1.807) is 12.1 Å². The second-order valence-electron chi connectivity index (χ2n) is 7.10. The molecule has 2 aliphatic rings. The zero-order valence-corrected chi connectivity index (χ0v) is 15.4. The van der Waals surface area contributed by atoms with Crippen molar-refractivity contribution in [1.82, 2.24) is 4.90 Å². The topological polar surface area (TPSA) is 63.7 Å². The minimum Gasteiger partial charge on any atom is -0.426 e. The van der Waals surface area contributed by atoms with Gasteiger partial charge in [0.1, 0.15) is 5.75 Å².